The van der Waals surface area contributed by atoms with Crippen molar-refractivity contribution in [1.82, 2.24) is 9.78 Å². The predicted molar refractivity (Wildman–Crippen MR) is 72.0 cm³/mol. The summed E-state index contributed by atoms with van der Waals surface area (Å²) in [6.45, 7) is 4.02. The van der Waals surface area contributed by atoms with E-state index in [-0.39, 0.29) is 11.7 Å². The molecule has 2 rings (SSSR count). The number of halogens is 4. The molecule has 20 heavy (non-hydrogen) atoms. The highest BCUT2D eigenvalue weighted by molar-refractivity contribution is 9.10. The number of rotatable bonds is 3. The maximum absolute atomic E-state index is 12.1. The van der Waals surface area contributed by atoms with Crippen LogP contribution in [-0.2, 0) is 0 Å². The van der Waals surface area contributed by atoms with Crippen LogP contribution >= 0.6 is 15.9 Å². The number of benzene rings is 1. The molecule has 0 saturated carbocycles. The highest BCUT2D eigenvalue weighted by Crippen LogP contribution is 2.26. The molecule has 7 heteroatoms. The van der Waals surface area contributed by atoms with Gasteiger partial charge in [0.05, 0.1) is 15.9 Å². The van der Waals surface area contributed by atoms with Crippen LogP contribution in [0.3, 0.4) is 0 Å². The third-order valence-corrected chi connectivity index (χ3v) is 3.19. The fourth-order valence-electron chi connectivity index (χ4n) is 1.69. The zero-order chi connectivity index (χ0) is 14.9. The van der Waals surface area contributed by atoms with E-state index < -0.39 is 6.36 Å². The summed E-state index contributed by atoms with van der Waals surface area (Å²) in [7, 11) is 0. The molecule has 0 amide bonds. The van der Waals surface area contributed by atoms with Crippen LogP contribution in [0.5, 0.6) is 5.75 Å². The van der Waals surface area contributed by atoms with Gasteiger partial charge in [-0.2, -0.15) is 5.10 Å². The molecule has 0 unspecified atom stereocenters. The Hall–Kier alpha value is -1.50. The van der Waals surface area contributed by atoms with E-state index in [2.05, 4.69) is 25.8 Å². The second-order valence-electron chi connectivity index (χ2n) is 4.50. The lowest BCUT2D eigenvalue weighted by Crippen LogP contribution is -2.17. The molecule has 0 N–H and O–H groups in total. The maximum Gasteiger partial charge on any atom is 0.573 e. The second-order valence-corrected chi connectivity index (χ2v) is 5.36. The van der Waals surface area contributed by atoms with Crippen molar-refractivity contribution in [3.8, 4) is 11.4 Å². The van der Waals surface area contributed by atoms with Gasteiger partial charge in [0, 0.05) is 6.20 Å². The van der Waals surface area contributed by atoms with Gasteiger partial charge < -0.3 is 4.74 Å². The maximum atomic E-state index is 12.1. The molecule has 1 heterocycles. The SMILES string of the molecule is CC(C)c1nn(-c2ccc(OC(F)(F)F)cc2)cc1Br. The van der Waals surface area contributed by atoms with E-state index in [4.69, 9.17) is 0 Å². The lowest BCUT2D eigenvalue weighted by atomic mass is 10.1. The predicted octanol–water partition coefficient (Wildman–Crippen LogP) is 4.66. The van der Waals surface area contributed by atoms with E-state index in [1.54, 1.807) is 10.9 Å². The number of hydrogen-bond acceptors (Lipinski definition) is 2. The van der Waals surface area contributed by atoms with Gasteiger partial charge in [0.2, 0.25) is 0 Å². The third kappa shape index (κ3) is 3.53. The standard InChI is InChI=1S/C13H12BrF3N2O/c1-8(2)12-11(14)7-19(18-12)9-3-5-10(6-4-9)20-13(15,16)17/h3-8H,1-2H3. The molecule has 0 aliphatic rings. The van der Waals surface area contributed by atoms with Gasteiger partial charge in [-0.05, 0) is 46.1 Å². The van der Waals surface area contributed by atoms with Gasteiger partial charge in [0.1, 0.15) is 5.75 Å². The van der Waals surface area contributed by atoms with Crippen molar-refractivity contribution in [2.75, 3.05) is 0 Å². The minimum Gasteiger partial charge on any atom is -0.406 e. The molecular formula is C13H12BrF3N2O. The fraction of sp³-hybridized carbons (Fsp3) is 0.308. The van der Waals surface area contributed by atoms with E-state index in [1.165, 1.54) is 24.3 Å². The molecule has 0 radical (unpaired) electrons. The number of aromatic nitrogens is 2. The fourth-order valence-corrected chi connectivity index (χ4v) is 2.42. The first kappa shape index (κ1) is 14.9. The van der Waals surface area contributed by atoms with E-state index in [0.717, 1.165) is 10.2 Å². The molecule has 1 aromatic carbocycles. The number of hydrogen-bond donors (Lipinski definition) is 0. The molecule has 0 atom stereocenters. The smallest absolute Gasteiger partial charge is 0.406 e. The van der Waals surface area contributed by atoms with Crippen LogP contribution in [0.4, 0.5) is 13.2 Å². The van der Waals surface area contributed by atoms with Crippen molar-refractivity contribution in [2.45, 2.75) is 26.1 Å². The van der Waals surface area contributed by atoms with Crippen LogP contribution in [0.1, 0.15) is 25.5 Å². The molecule has 0 aliphatic carbocycles. The zero-order valence-electron chi connectivity index (χ0n) is 10.8. The minimum absolute atomic E-state index is 0.249. The first-order chi connectivity index (χ1) is 9.26. The van der Waals surface area contributed by atoms with Crippen LogP contribution in [0.15, 0.2) is 34.9 Å². The van der Waals surface area contributed by atoms with Gasteiger partial charge >= 0.3 is 6.36 Å². The monoisotopic (exact) mass is 348 g/mol. The van der Waals surface area contributed by atoms with Crippen LogP contribution in [-0.4, -0.2) is 16.1 Å². The van der Waals surface area contributed by atoms with Gasteiger partial charge in [-0.3, -0.25) is 0 Å². The number of ether oxygens (including phenoxy) is 1. The molecule has 108 valence electrons. The van der Waals surface area contributed by atoms with Gasteiger partial charge in [-0.25, -0.2) is 4.68 Å². The van der Waals surface area contributed by atoms with Crippen LogP contribution in [0.25, 0.3) is 5.69 Å². The topological polar surface area (TPSA) is 27.1 Å². The molecule has 0 saturated heterocycles. The Bertz CT molecular complexity index is 591. The van der Waals surface area contributed by atoms with Crippen LogP contribution < -0.4 is 4.74 Å². The van der Waals surface area contributed by atoms with Crippen molar-refractivity contribution >= 4 is 15.9 Å². The number of alkyl halides is 3. The lowest BCUT2D eigenvalue weighted by Gasteiger charge is -2.09. The Kier molecular flexibility index (Phi) is 4.08. The average molecular weight is 349 g/mol. The Morgan fingerprint density at radius 3 is 2.25 bits per heavy atom. The van der Waals surface area contributed by atoms with Gasteiger partial charge in [-0.1, -0.05) is 13.8 Å². The molecule has 2 aromatic rings. The lowest BCUT2D eigenvalue weighted by molar-refractivity contribution is -0.274. The van der Waals surface area contributed by atoms with Crippen molar-refractivity contribution in [2.24, 2.45) is 0 Å². The Balaban J connectivity index is 2.24. The third-order valence-electron chi connectivity index (χ3n) is 2.58. The second kappa shape index (κ2) is 5.47. The van der Waals surface area contributed by atoms with Crippen molar-refractivity contribution in [3.05, 3.63) is 40.6 Å². The Labute approximate surface area is 122 Å². The Morgan fingerprint density at radius 2 is 1.80 bits per heavy atom. The van der Waals surface area contributed by atoms with Crippen LogP contribution in [0, 0.1) is 0 Å². The largest absolute Gasteiger partial charge is 0.573 e. The highest BCUT2D eigenvalue weighted by Gasteiger charge is 2.30. The first-order valence-electron chi connectivity index (χ1n) is 5.87. The summed E-state index contributed by atoms with van der Waals surface area (Å²) >= 11 is 3.41. The molecule has 3 nitrogen and oxygen atoms in total. The normalized spacial score (nSPS) is 11.9. The zero-order valence-corrected chi connectivity index (χ0v) is 12.4. The summed E-state index contributed by atoms with van der Waals surface area (Å²) < 4.78 is 42.5. The summed E-state index contributed by atoms with van der Waals surface area (Å²) in [5.74, 6) is -0.00461. The van der Waals surface area contributed by atoms with E-state index in [1.807, 2.05) is 13.8 Å². The summed E-state index contributed by atoms with van der Waals surface area (Å²) in [4.78, 5) is 0. The minimum atomic E-state index is -4.68. The molecule has 0 fully saturated rings. The Morgan fingerprint density at radius 1 is 1.20 bits per heavy atom. The summed E-state index contributed by atoms with van der Waals surface area (Å²) in [6, 6.07) is 5.55. The van der Waals surface area contributed by atoms with Gasteiger partial charge in [0.15, 0.2) is 0 Å². The molecule has 1 aromatic heterocycles. The van der Waals surface area contributed by atoms with Crippen LogP contribution in [0.2, 0.25) is 0 Å². The van der Waals surface area contributed by atoms with E-state index in [9.17, 15) is 13.2 Å². The highest BCUT2D eigenvalue weighted by atomic mass is 79.9. The molecular weight excluding hydrogens is 337 g/mol. The molecule has 0 bridgehead atoms. The summed E-state index contributed by atoms with van der Waals surface area (Å²) in [5.41, 5.74) is 1.55. The van der Waals surface area contributed by atoms with E-state index >= 15 is 0 Å². The van der Waals surface area contributed by atoms with Gasteiger partial charge in [0.25, 0.3) is 0 Å². The molecule has 0 spiro atoms. The van der Waals surface area contributed by atoms with E-state index in [0.29, 0.717) is 5.69 Å². The summed E-state index contributed by atoms with van der Waals surface area (Å²) in [6.07, 6.45) is -2.91. The first-order valence-corrected chi connectivity index (χ1v) is 6.67. The quantitative estimate of drug-likeness (QED) is 0.806. The van der Waals surface area contributed by atoms with Crippen molar-refractivity contribution < 1.29 is 17.9 Å². The van der Waals surface area contributed by atoms with Gasteiger partial charge in [-0.15, -0.1) is 13.2 Å². The summed E-state index contributed by atoms with van der Waals surface area (Å²) in [5, 5.41) is 4.39. The van der Waals surface area contributed by atoms with Crippen molar-refractivity contribution in [3.63, 3.8) is 0 Å². The van der Waals surface area contributed by atoms with Crippen molar-refractivity contribution in [1.29, 1.82) is 0 Å². The number of nitrogens with zero attached hydrogens (tertiary/aromatic N) is 2. The average Bonchev–Trinajstić information content (AvgIpc) is 2.70. The molecule has 0 aliphatic heterocycles.